The maximum atomic E-state index is 12.6. The molecule has 2 unspecified atom stereocenters. The Balaban J connectivity index is 1.09. The minimum Gasteiger partial charge on any atom is -0.489 e. The third kappa shape index (κ3) is 8.15. The first-order chi connectivity index (χ1) is 23.7. The molecule has 5 aromatic rings. The zero-order valence-corrected chi connectivity index (χ0v) is 27.7. The summed E-state index contributed by atoms with van der Waals surface area (Å²) in [6.45, 7) is 3.33. The van der Waals surface area contributed by atoms with Crippen LogP contribution in [0.5, 0.6) is 23.0 Å². The van der Waals surface area contributed by atoms with E-state index in [1.165, 1.54) is 0 Å². The molecule has 0 aliphatic carbocycles. The summed E-state index contributed by atoms with van der Waals surface area (Å²) in [5.74, 6) is 3.33. The van der Waals surface area contributed by atoms with Crippen LogP contribution in [0, 0.1) is 0 Å². The molecule has 0 spiro atoms. The monoisotopic (exact) mass is 661 g/mol. The summed E-state index contributed by atoms with van der Waals surface area (Å²) in [5, 5.41) is -0.00397. The maximum Gasteiger partial charge on any atom is 0.140 e. The molecule has 48 heavy (non-hydrogen) atoms. The Bertz CT molecular complexity index is 1740. The highest BCUT2D eigenvalue weighted by Gasteiger charge is 2.34. The number of rotatable bonds is 13. The molecule has 7 heteroatoms. The number of halogens is 1. The molecule has 0 amide bonds. The van der Waals surface area contributed by atoms with Gasteiger partial charge in [0.15, 0.2) is 0 Å². The van der Waals surface area contributed by atoms with E-state index >= 15 is 0 Å². The van der Waals surface area contributed by atoms with Crippen molar-refractivity contribution in [2.45, 2.75) is 48.4 Å². The maximum absolute atomic E-state index is 12.6. The van der Waals surface area contributed by atoms with Gasteiger partial charge in [0.2, 0.25) is 0 Å². The van der Waals surface area contributed by atoms with Crippen LogP contribution in [0.4, 0.5) is 4.39 Å². The van der Waals surface area contributed by atoms with Gasteiger partial charge in [0, 0.05) is 19.6 Å². The van der Waals surface area contributed by atoms with Crippen molar-refractivity contribution in [1.82, 2.24) is 4.90 Å². The van der Waals surface area contributed by atoms with Crippen LogP contribution in [0.1, 0.15) is 46.4 Å². The minimum absolute atomic E-state index is 0.00397. The molecule has 0 radical (unpaired) electrons. The summed E-state index contributed by atoms with van der Waals surface area (Å²) in [7, 11) is 0. The third-order valence-electron chi connectivity index (χ3n) is 8.75. The lowest BCUT2D eigenvalue weighted by molar-refractivity contribution is 0.188. The van der Waals surface area contributed by atoms with Crippen molar-refractivity contribution in [2.24, 2.45) is 0 Å². The highest BCUT2D eigenvalue weighted by Crippen LogP contribution is 2.54. The number of alkyl halides is 1. The molecule has 3 atom stereocenters. The Morgan fingerprint density at radius 3 is 2.02 bits per heavy atom. The van der Waals surface area contributed by atoms with Crippen LogP contribution in [-0.4, -0.2) is 37.3 Å². The number of benzene rings is 5. The number of nitrogens with zero attached hydrogens (tertiary/aromatic N) is 1. The van der Waals surface area contributed by atoms with E-state index in [1.807, 2.05) is 72.8 Å². The van der Waals surface area contributed by atoms with Crippen LogP contribution in [-0.2, 0) is 13.2 Å². The van der Waals surface area contributed by atoms with Crippen molar-refractivity contribution >= 4 is 11.8 Å². The molecule has 0 N–H and O–H groups in total. The van der Waals surface area contributed by atoms with Crippen LogP contribution >= 0.6 is 11.8 Å². The highest BCUT2D eigenvalue weighted by molar-refractivity contribution is 7.99. The van der Waals surface area contributed by atoms with E-state index in [2.05, 4.69) is 59.5 Å². The number of fused-ring (bicyclic) bond motifs is 1. The van der Waals surface area contributed by atoms with E-state index in [1.54, 1.807) is 11.8 Å². The van der Waals surface area contributed by atoms with Crippen LogP contribution in [0.3, 0.4) is 0 Å². The predicted octanol–water partition coefficient (Wildman–Crippen LogP) is 9.62. The lowest BCUT2D eigenvalue weighted by atomic mass is 10.00. The van der Waals surface area contributed by atoms with Gasteiger partial charge in [-0.3, -0.25) is 9.29 Å². The average molecular weight is 662 g/mol. The molecule has 0 saturated carbocycles. The van der Waals surface area contributed by atoms with Gasteiger partial charge in [-0.15, -0.1) is 11.8 Å². The topological polar surface area (TPSA) is 40.2 Å². The van der Waals surface area contributed by atoms with Crippen molar-refractivity contribution < 1.29 is 23.3 Å². The number of ether oxygens (including phenoxy) is 4. The van der Waals surface area contributed by atoms with Crippen molar-refractivity contribution in [2.75, 3.05) is 26.3 Å². The highest BCUT2D eigenvalue weighted by atomic mass is 32.2. The van der Waals surface area contributed by atoms with E-state index in [9.17, 15) is 4.39 Å². The molecule has 5 aromatic carbocycles. The fourth-order valence-corrected chi connectivity index (χ4v) is 7.51. The van der Waals surface area contributed by atoms with Gasteiger partial charge >= 0.3 is 0 Å². The largest absolute Gasteiger partial charge is 0.489 e. The SMILES string of the molecule is FCCCN1CC[C@H](Oc2ccc(C3Oc4ccc(OCc5ccccc5)cc4SC3c3ccc(OCc4ccccc4)cc3)cc2)C1. The molecule has 246 valence electrons. The number of thioether (sulfide) groups is 1. The van der Waals surface area contributed by atoms with E-state index in [-0.39, 0.29) is 24.1 Å². The number of hydrogen-bond acceptors (Lipinski definition) is 6. The van der Waals surface area contributed by atoms with E-state index in [0.29, 0.717) is 19.6 Å². The van der Waals surface area contributed by atoms with E-state index in [4.69, 9.17) is 18.9 Å². The van der Waals surface area contributed by atoms with Crippen LogP contribution in [0.25, 0.3) is 0 Å². The second-order valence-corrected chi connectivity index (χ2v) is 13.4. The first kappa shape index (κ1) is 32.1. The zero-order chi connectivity index (χ0) is 32.5. The third-order valence-corrected chi connectivity index (χ3v) is 10.1. The zero-order valence-electron chi connectivity index (χ0n) is 26.9. The normalized spacial score (nSPS) is 18.9. The summed E-state index contributed by atoms with van der Waals surface area (Å²) >= 11 is 1.79. The van der Waals surface area contributed by atoms with Gasteiger partial charge in [0.05, 0.1) is 16.8 Å². The second-order valence-electron chi connectivity index (χ2n) is 12.2. The first-order valence-electron chi connectivity index (χ1n) is 16.7. The summed E-state index contributed by atoms with van der Waals surface area (Å²) in [4.78, 5) is 3.33. The Morgan fingerprint density at radius 2 is 1.33 bits per heavy atom. The summed E-state index contributed by atoms with van der Waals surface area (Å²) in [6.07, 6.45) is 1.44. The van der Waals surface area contributed by atoms with Gasteiger partial charge in [-0.05, 0) is 77.6 Å². The number of hydrogen-bond donors (Lipinski definition) is 0. The molecule has 1 saturated heterocycles. The van der Waals surface area contributed by atoms with Crippen LogP contribution < -0.4 is 18.9 Å². The standard InChI is InChI=1S/C41H40FNO4S/c42-23-7-24-43-25-22-37(27-43)46-35-18-12-32(13-19-35)40-41(33-14-16-34(17-15-33)44-28-30-8-3-1-4-9-30)48-39-26-36(20-21-38(39)47-40)45-29-31-10-5-2-6-11-31/h1-6,8-21,26,37,40-41H,7,22-25,27-29H2/t37-,40?,41?/m0/s1. The number of likely N-dealkylation sites (tertiary alicyclic amines) is 1. The summed E-state index contributed by atoms with van der Waals surface area (Å²) in [5.41, 5.74) is 4.49. The van der Waals surface area contributed by atoms with Crippen LogP contribution in [0.15, 0.2) is 132 Å². The van der Waals surface area contributed by atoms with Gasteiger partial charge in [-0.2, -0.15) is 0 Å². The van der Waals surface area contributed by atoms with Gasteiger partial charge in [-0.1, -0.05) is 84.9 Å². The molecule has 2 aliphatic heterocycles. The smallest absolute Gasteiger partial charge is 0.140 e. The van der Waals surface area contributed by atoms with Gasteiger partial charge < -0.3 is 18.9 Å². The first-order valence-corrected chi connectivity index (χ1v) is 17.5. The van der Waals surface area contributed by atoms with Gasteiger partial charge in [0.25, 0.3) is 0 Å². The Hall–Kier alpha value is -4.46. The summed E-state index contributed by atoms with van der Waals surface area (Å²) in [6, 6.07) is 43.1. The van der Waals surface area contributed by atoms with Crippen molar-refractivity contribution in [3.05, 3.63) is 150 Å². The Kier molecular flexibility index (Phi) is 10.5. The van der Waals surface area contributed by atoms with Crippen molar-refractivity contribution in [3.63, 3.8) is 0 Å². The minimum atomic E-state index is -0.272. The predicted molar refractivity (Wildman–Crippen MR) is 189 cm³/mol. The molecular weight excluding hydrogens is 622 g/mol. The Labute approximate surface area is 286 Å². The van der Waals surface area contributed by atoms with Crippen molar-refractivity contribution in [1.29, 1.82) is 0 Å². The average Bonchev–Trinajstić information content (AvgIpc) is 3.60. The van der Waals surface area contributed by atoms with E-state index in [0.717, 1.165) is 76.2 Å². The lowest BCUT2D eigenvalue weighted by Crippen LogP contribution is -2.26. The summed E-state index contributed by atoms with van der Waals surface area (Å²) < 4.78 is 38.0. The fraction of sp³-hybridized carbons (Fsp3) is 0.268. The van der Waals surface area contributed by atoms with Crippen molar-refractivity contribution in [3.8, 4) is 23.0 Å². The lowest BCUT2D eigenvalue weighted by Gasteiger charge is -2.34. The molecule has 0 aromatic heterocycles. The molecular formula is C41H40FNO4S. The molecule has 0 bridgehead atoms. The molecule has 7 rings (SSSR count). The molecule has 2 heterocycles. The van der Waals surface area contributed by atoms with Crippen LogP contribution in [0.2, 0.25) is 0 Å². The Morgan fingerprint density at radius 1 is 0.708 bits per heavy atom. The molecule has 5 nitrogen and oxygen atoms in total. The van der Waals surface area contributed by atoms with Gasteiger partial charge in [0.1, 0.15) is 48.4 Å². The van der Waals surface area contributed by atoms with Gasteiger partial charge in [-0.25, -0.2) is 0 Å². The van der Waals surface area contributed by atoms with E-state index < -0.39 is 0 Å². The fourth-order valence-electron chi connectivity index (χ4n) is 6.19. The molecule has 1 fully saturated rings. The molecule has 2 aliphatic rings. The second kappa shape index (κ2) is 15.6. The quantitative estimate of drug-likeness (QED) is 0.125.